The zero-order valence-electron chi connectivity index (χ0n) is 16.6. The van der Waals surface area contributed by atoms with Crippen LogP contribution in [0.5, 0.6) is 0 Å². The Morgan fingerprint density at radius 3 is 1.83 bits per heavy atom. The first-order valence-corrected chi connectivity index (χ1v) is 11.2. The van der Waals surface area contributed by atoms with Crippen molar-refractivity contribution in [2.24, 2.45) is 23.5 Å². The van der Waals surface area contributed by atoms with Crippen LogP contribution in [-0.4, -0.2) is 33.7 Å². The van der Waals surface area contributed by atoms with Gasteiger partial charge in [0.25, 0.3) is 0 Å². The molecule has 5 heteroatoms. The molecule has 0 aromatic heterocycles. The Morgan fingerprint density at radius 1 is 1.09 bits per heavy atom. The van der Waals surface area contributed by atoms with E-state index in [1.54, 1.807) is 7.11 Å². The Labute approximate surface area is 144 Å². The molecule has 2 N–H and O–H groups in total. The second kappa shape index (κ2) is 7.96. The van der Waals surface area contributed by atoms with Crippen molar-refractivity contribution in [3.8, 4) is 0 Å². The fourth-order valence-corrected chi connectivity index (χ4v) is 7.26. The van der Waals surface area contributed by atoms with Crippen LogP contribution in [0.2, 0.25) is 6.04 Å². The van der Waals surface area contributed by atoms with Crippen molar-refractivity contribution in [1.29, 1.82) is 0 Å². The van der Waals surface area contributed by atoms with Gasteiger partial charge in [0, 0.05) is 19.1 Å². The molecule has 4 atom stereocenters. The molecule has 1 heterocycles. The molecule has 0 saturated carbocycles. The predicted molar refractivity (Wildman–Crippen MR) is 98.3 cm³/mol. The molecule has 1 aliphatic rings. The first-order chi connectivity index (χ1) is 10.7. The second-order valence-corrected chi connectivity index (χ2v) is 10.4. The van der Waals surface area contributed by atoms with E-state index >= 15 is 0 Å². The van der Waals surface area contributed by atoms with Crippen LogP contribution in [0.15, 0.2) is 0 Å². The maximum absolute atomic E-state index is 6.71. The van der Waals surface area contributed by atoms with E-state index in [1.807, 2.05) is 0 Å². The van der Waals surface area contributed by atoms with Gasteiger partial charge in [0.05, 0.1) is 11.2 Å². The van der Waals surface area contributed by atoms with Crippen molar-refractivity contribution in [1.82, 2.24) is 0 Å². The van der Waals surface area contributed by atoms with Gasteiger partial charge in [-0.25, -0.2) is 0 Å². The average molecular weight is 346 g/mol. The monoisotopic (exact) mass is 345 g/mol. The molecule has 4 unspecified atom stereocenters. The summed E-state index contributed by atoms with van der Waals surface area (Å²) in [6.07, 6.45) is 3.05. The van der Waals surface area contributed by atoms with Crippen LogP contribution < -0.4 is 5.73 Å². The van der Waals surface area contributed by atoms with Crippen molar-refractivity contribution in [2.75, 3.05) is 13.7 Å². The topological polar surface area (TPSA) is 53.7 Å². The zero-order valence-corrected chi connectivity index (χ0v) is 17.6. The van der Waals surface area contributed by atoms with Gasteiger partial charge < -0.3 is 19.0 Å². The first-order valence-electron chi connectivity index (χ1n) is 9.31. The van der Waals surface area contributed by atoms with Gasteiger partial charge in [0.1, 0.15) is 0 Å². The van der Waals surface area contributed by atoms with Gasteiger partial charge in [-0.3, -0.25) is 0 Å². The molecule has 0 bridgehead atoms. The first kappa shape index (κ1) is 21.1. The molecule has 1 aliphatic heterocycles. The minimum absolute atomic E-state index is 0.234. The van der Waals surface area contributed by atoms with Crippen molar-refractivity contribution < 1.29 is 13.3 Å². The molecule has 0 amide bonds. The molecule has 138 valence electrons. The van der Waals surface area contributed by atoms with Crippen LogP contribution in [0, 0.1) is 17.8 Å². The second-order valence-electron chi connectivity index (χ2n) is 7.69. The van der Waals surface area contributed by atoms with Gasteiger partial charge in [0.2, 0.25) is 0 Å². The molecule has 23 heavy (non-hydrogen) atoms. The summed E-state index contributed by atoms with van der Waals surface area (Å²) >= 11 is 0. The van der Waals surface area contributed by atoms with Crippen LogP contribution in [-0.2, 0) is 13.3 Å². The fourth-order valence-electron chi connectivity index (χ4n) is 3.91. The highest BCUT2D eigenvalue weighted by molar-refractivity contribution is 6.61. The van der Waals surface area contributed by atoms with Gasteiger partial charge in [-0.15, -0.1) is 0 Å². The van der Waals surface area contributed by atoms with E-state index in [4.69, 9.17) is 19.0 Å². The zero-order chi connectivity index (χ0) is 17.9. The summed E-state index contributed by atoms with van der Waals surface area (Å²) in [7, 11) is -0.985. The van der Waals surface area contributed by atoms with Crippen molar-refractivity contribution in [2.45, 2.75) is 85.0 Å². The standard InChI is InChI=1S/C18H39NO3Si/c1-9-14(3)17(6)16(5)18(7,15(4)10-2)22-23(20-8,21-17)13-11-12-19/h14-16H,9-13,19H2,1-8H3. The summed E-state index contributed by atoms with van der Waals surface area (Å²) in [5.41, 5.74) is 5.28. The smallest absolute Gasteiger partial charge is 0.377 e. The number of rotatable bonds is 8. The Morgan fingerprint density at radius 2 is 1.52 bits per heavy atom. The quantitative estimate of drug-likeness (QED) is 0.669. The van der Waals surface area contributed by atoms with Crippen molar-refractivity contribution in [3.05, 3.63) is 0 Å². The van der Waals surface area contributed by atoms with Gasteiger partial charge >= 0.3 is 8.80 Å². The van der Waals surface area contributed by atoms with Crippen LogP contribution >= 0.6 is 0 Å². The summed E-state index contributed by atoms with van der Waals surface area (Å²) in [5.74, 6) is 1.20. The summed E-state index contributed by atoms with van der Waals surface area (Å²) in [4.78, 5) is 0. The highest BCUT2D eigenvalue weighted by Crippen LogP contribution is 2.51. The van der Waals surface area contributed by atoms with E-state index in [2.05, 4.69) is 48.5 Å². The summed E-state index contributed by atoms with van der Waals surface area (Å²) in [6.45, 7) is 16.5. The normalized spacial score (nSPS) is 40.8. The van der Waals surface area contributed by atoms with E-state index in [0.717, 1.165) is 25.3 Å². The largest absolute Gasteiger partial charge is 0.501 e. The Bertz CT molecular complexity index is 355. The van der Waals surface area contributed by atoms with Gasteiger partial charge in [0.15, 0.2) is 0 Å². The van der Waals surface area contributed by atoms with Crippen LogP contribution in [0.4, 0.5) is 0 Å². The predicted octanol–water partition coefficient (Wildman–Crippen LogP) is 4.21. The lowest BCUT2D eigenvalue weighted by Gasteiger charge is -2.59. The maximum atomic E-state index is 6.71. The van der Waals surface area contributed by atoms with E-state index in [9.17, 15) is 0 Å². The lowest BCUT2D eigenvalue weighted by molar-refractivity contribution is -0.214. The molecule has 1 saturated heterocycles. The Hall–Kier alpha value is 0.0569. The van der Waals surface area contributed by atoms with Crippen molar-refractivity contribution in [3.63, 3.8) is 0 Å². The number of nitrogens with two attached hydrogens (primary N) is 1. The Kier molecular flexibility index (Phi) is 7.30. The lowest BCUT2D eigenvalue weighted by Crippen LogP contribution is -2.70. The average Bonchev–Trinajstić information content (AvgIpc) is 2.56. The van der Waals surface area contributed by atoms with Crippen LogP contribution in [0.3, 0.4) is 0 Å². The van der Waals surface area contributed by atoms with Gasteiger partial charge in [-0.1, -0.05) is 47.5 Å². The summed E-state index contributed by atoms with van der Waals surface area (Å²) < 4.78 is 19.4. The van der Waals surface area contributed by atoms with E-state index in [1.165, 1.54) is 0 Å². The lowest BCUT2D eigenvalue weighted by atomic mass is 9.67. The fraction of sp³-hybridized carbons (Fsp3) is 1.00. The van der Waals surface area contributed by atoms with Gasteiger partial charge in [-0.05, 0) is 38.6 Å². The molecule has 4 nitrogen and oxygen atoms in total. The molecule has 1 fully saturated rings. The third kappa shape index (κ3) is 3.84. The van der Waals surface area contributed by atoms with Crippen molar-refractivity contribution >= 4 is 8.80 Å². The highest BCUT2D eigenvalue weighted by Gasteiger charge is 2.62. The molecule has 0 radical (unpaired) electrons. The number of hydrogen-bond acceptors (Lipinski definition) is 4. The maximum Gasteiger partial charge on any atom is 0.501 e. The van der Waals surface area contributed by atoms with E-state index < -0.39 is 8.80 Å². The molecule has 0 aromatic rings. The molecular formula is C18H39NO3Si. The van der Waals surface area contributed by atoms with Gasteiger partial charge in [-0.2, -0.15) is 0 Å². The molecule has 0 aromatic carbocycles. The van der Waals surface area contributed by atoms with Crippen LogP contribution in [0.25, 0.3) is 0 Å². The SMILES string of the molecule is CCC(C)C1(C)O[Si](CCCN)(OC)OC(C)(C(C)CC)C1C. The van der Waals surface area contributed by atoms with Crippen LogP contribution in [0.1, 0.15) is 67.7 Å². The minimum atomic E-state index is -2.73. The third-order valence-corrected chi connectivity index (χ3v) is 9.74. The summed E-state index contributed by atoms with van der Waals surface area (Å²) in [6, 6.07) is 0.796. The molecule has 1 rings (SSSR count). The highest BCUT2D eigenvalue weighted by atomic mass is 28.4. The summed E-state index contributed by atoms with van der Waals surface area (Å²) in [5, 5.41) is 0. The number of hydrogen-bond donors (Lipinski definition) is 1. The van der Waals surface area contributed by atoms with E-state index in [-0.39, 0.29) is 11.2 Å². The molecular weight excluding hydrogens is 306 g/mol. The molecule has 0 spiro atoms. The minimum Gasteiger partial charge on any atom is -0.377 e. The Balaban J connectivity index is 3.33. The van der Waals surface area contributed by atoms with E-state index in [0.29, 0.717) is 24.3 Å². The molecule has 0 aliphatic carbocycles. The third-order valence-electron chi connectivity index (χ3n) is 6.65.